The van der Waals surface area contributed by atoms with E-state index < -0.39 is 5.41 Å². The Labute approximate surface area is 162 Å². The van der Waals surface area contributed by atoms with E-state index in [9.17, 15) is 9.59 Å². The van der Waals surface area contributed by atoms with Gasteiger partial charge >= 0.3 is 0 Å². The molecular weight excluding hydrogens is 358 g/mol. The van der Waals surface area contributed by atoms with E-state index in [0.717, 1.165) is 22.5 Å². The minimum absolute atomic E-state index is 0.0381. The summed E-state index contributed by atoms with van der Waals surface area (Å²) >= 11 is 1.70. The molecule has 2 amide bonds. The highest BCUT2D eigenvalue weighted by Gasteiger charge is 2.21. The SMILES string of the molecule is CC(C)(C)C(=O)NCC(=O)Nc1ccc(Cc2nc3ccccc3s2)cc1. The highest BCUT2D eigenvalue weighted by Crippen LogP contribution is 2.24. The van der Waals surface area contributed by atoms with Gasteiger partial charge in [0.15, 0.2) is 0 Å². The topological polar surface area (TPSA) is 71.1 Å². The molecular formula is C21H23N3O2S. The molecule has 0 fully saturated rings. The first-order chi connectivity index (χ1) is 12.8. The Bertz CT molecular complexity index is 922. The van der Waals surface area contributed by atoms with Gasteiger partial charge in [-0.25, -0.2) is 4.98 Å². The Morgan fingerprint density at radius 1 is 1.04 bits per heavy atom. The molecule has 1 heterocycles. The third-order valence-electron chi connectivity index (χ3n) is 4.02. The number of amides is 2. The molecule has 2 aromatic carbocycles. The van der Waals surface area contributed by atoms with Crippen LogP contribution in [0.5, 0.6) is 0 Å². The van der Waals surface area contributed by atoms with Gasteiger partial charge in [-0.1, -0.05) is 45.0 Å². The summed E-state index contributed by atoms with van der Waals surface area (Å²) < 4.78 is 1.19. The van der Waals surface area contributed by atoms with Gasteiger partial charge in [0, 0.05) is 17.5 Å². The van der Waals surface area contributed by atoms with E-state index in [1.807, 2.05) is 63.2 Å². The number of carbonyl (C=O) groups is 2. The van der Waals surface area contributed by atoms with Crippen molar-refractivity contribution < 1.29 is 9.59 Å². The fourth-order valence-corrected chi connectivity index (χ4v) is 3.51. The smallest absolute Gasteiger partial charge is 0.243 e. The van der Waals surface area contributed by atoms with E-state index >= 15 is 0 Å². The van der Waals surface area contributed by atoms with E-state index in [4.69, 9.17) is 0 Å². The zero-order valence-electron chi connectivity index (χ0n) is 15.7. The Hall–Kier alpha value is -2.73. The van der Waals surface area contributed by atoms with Crippen LogP contribution in [0.4, 0.5) is 5.69 Å². The van der Waals surface area contributed by atoms with Gasteiger partial charge in [-0.2, -0.15) is 0 Å². The van der Waals surface area contributed by atoms with Crippen molar-refractivity contribution in [2.24, 2.45) is 5.41 Å². The number of rotatable bonds is 5. The largest absolute Gasteiger partial charge is 0.347 e. The summed E-state index contributed by atoms with van der Waals surface area (Å²) in [6.07, 6.45) is 0.759. The second-order valence-corrected chi connectivity index (χ2v) is 8.55. The van der Waals surface area contributed by atoms with Crippen molar-refractivity contribution in [3.8, 4) is 0 Å². The van der Waals surface area contributed by atoms with Gasteiger partial charge in [-0.15, -0.1) is 11.3 Å². The van der Waals surface area contributed by atoms with Crippen LogP contribution in [0, 0.1) is 5.41 Å². The van der Waals surface area contributed by atoms with Gasteiger partial charge in [0.2, 0.25) is 11.8 Å². The van der Waals surface area contributed by atoms with E-state index in [0.29, 0.717) is 5.69 Å². The molecule has 0 atom stereocenters. The number of fused-ring (bicyclic) bond motifs is 1. The summed E-state index contributed by atoms with van der Waals surface area (Å²) in [4.78, 5) is 28.4. The van der Waals surface area contributed by atoms with Crippen LogP contribution in [0.25, 0.3) is 10.2 Å². The predicted octanol–water partition coefficient (Wildman–Crippen LogP) is 3.99. The van der Waals surface area contributed by atoms with Gasteiger partial charge in [0.25, 0.3) is 0 Å². The lowest BCUT2D eigenvalue weighted by Gasteiger charge is -2.17. The number of anilines is 1. The first-order valence-electron chi connectivity index (χ1n) is 8.83. The van der Waals surface area contributed by atoms with Crippen molar-refractivity contribution in [1.82, 2.24) is 10.3 Å². The van der Waals surface area contributed by atoms with Gasteiger partial charge in [-0.3, -0.25) is 9.59 Å². The minimum Gasteiger partial charge on any atom is -0.347 e. The highest BCUT2D eigenvalue weighted by atomic mass is 32.1. The molecule has 0 radical (unpaired) electrons. The zero-order chi connectivity index (χ0) is 19.4. The van der Waals surface area contributed by atoms with Crippen LogP contribution in [-0.4, -0.2) is 23.3 Å². The molecule has 6 heteroatoms. The number of carbonyl (C=O) groups excluding carboxylic acids is 2. The molecule has 5 nitrogen and oxygen atoms in total. The molecule has 3 rings (SSSR count). The number of nitrogens with one attached hydrogen (secondary N) is 2. The van der Waals surface area contributed by atoms with Gasteiger partial charge < -0.3 is 10.6 Å². The number of aromatic nitrogens is 1. The Kier molecular flexibility index (Phi) is 5.56. The molecule has 0 spiro atoms. The summed E-state index contributed by atoms with van der Waals surface area (Å²) in [7, 11) is 0. The third-order valence-corrected chi connectivity index (χ3v) is 5.06. The van der Waals surface area contributed by atoms with E-state index in [1.165, 1.54) is 4.70 Å². The van der Waals surface area contributed by atoms with Crippen molar-refractivity contribution in [3.05, 3.63) is 59.1 Å². The summed E-state index contributed by atoms with van der Waals surface area (Å²) in [6, 6.07) is 15.8. The van der Waals surface area contributed by atoms with Crippen LogP contribution < -0.4 is 10.6 Å². The number of benzene rings is 2. The summed E-state index contributed by atoms with van der Waals surface area (Å²) in [5, 5.41) is 6.50. The van der Waals surface area contributed by atoms with Crippen LogP contribution in [0.2, 0.25) is 0 Å². The highest BCUT2D eigenvalue weighted by molar-refractivity contribution is 7.18. The lowest BCUT2D eigenvalue weighted by atomic mass is 9.96. The Morgan fingerprint density at radius 3 is 2.41 bits per heavy atom. The van der Waals surface area contributed by atoms with Crippen molar-refractivity contribution >= 4 is 39.1 Å². The van der Waals surface area contributed by atoms with Crippen LogP contribution in [-0.2, 0) is 16.0 Å². The number of para-hydroxylation sites is 1. The molecule has 140 valence electrons. The molecule has 1 aromatic heterocycles. The Morgan fingerprint density at radius 2 is 1.74 bits per heavy atom. The number of thiazole rings is 1. The third kappa shape index (κ3) is 5.14. The van der Waals surface area contributed by atoms with Crippen molar-refractivity contribution in [1.29, 1.82) is 0 Å². The van der Waals surface area contributed by atoms with Crippen LogP contribution in [0.3, 0.4) is 0 Å². The fourth-order valence-electron chi connectivity index (χ4n) is 2.51. The van der Waals surface area contributed by atoms with Gasteiger partial charge in [0.1, 0.15) is 0 Å². The number of hydrogen-bond donors (Lipinski definition) is 2. The molecule has 27 heavy (non-hydrogen) atoms. The molecule has 0 bridgehead atoms. The van der Waals surface area contributed by atoms with E-state index in [-0.39, 0.29) is 18.4 Å². The molecule has 0 unspecified atom stereocenters. The van der Waals surface area contributed by atoms with E-state index in [2.05, 4.69) is 21.7 Å². The van der Waals surface area contributed by atoms with Gasteiger partial charge in [-0.05, 0) is 29.8 Å². The van der Waals surface area contributed by atoms with Crippen LogP contribution >= 0.6 is 11.3 Å². The second kappa shape index (κ2) is 7.88. The maximum Gasteiger partial charge on any atom is 0.243 e. The Balaban J connectivity index is 1.55. The van der Waals surface area contributed by atoms with Crippen molar-refractivity contribution in [2.45, 2.75) is 27.2 Å². The molecule has 2 N–H and O–H groups in total. The van der Waals surface area contributed by atoms with Crippen LogP contribution in [0.15, 0.2) is 48.5 Å². The predicted molar refractivity (Wildman–Crippen MR) is 110 cm³/mol. The van der Waals surface area contributed by atoms with E-state index in [1.54, 1.807) is 11.3 Å². The molecule has 0 aliphatic heterocycles. The normalized spacial score (nSPS) is 11.4. The molecule has 0 aliphatic rings. The number of hydrogen-bond acceptors (Lipinski definition) is 4. The minimum atomic E-state index is -0.511. The van der Waals surface area contributed by atoms with Crippen molar-refractivity contribution in [2.75, 3.05) is 11.9 Å². The summed E-state index contributed by atoms with van der Waals surface area (Å²) in [5.74, 6) is -0.393. The standard InChI is InChI=1S/C21H23N3O2S/c1-21(2,3)20(26)22-13-18(25)23-15-10-8-14(9-11-15)12-19-24-16-6-4-5-7-17(16)27-19/h4-11H,12-13H2,1-3H3,(H,22,26)(H,23,25). The van der Waals surface area contributed by atoms with Crippen LogP contribution in [0.1, 0.15) is 31.3 Å². The lowest BCUT2D eigenvalue weighted by molar-refractivity contribution is -0.130. The molecule has 3 aromatic rings. The average molecular weight is 382 g/mol. The van der Waals surface area contributed by atoms with Crippen molar-refractivity contribution in [3.63, 3.8) is 0 Å². The fraction of sp³-hybridized carbons (Fsp3) is 0.286. The monoisotopic (exact) mass is 381 g/mol. The molecule has 0 saturated heterocycles. The maximum atomic E-state index is 12.0. The molecule has 0 aliphatic carbocycles. The average Bonchev–Trinajstić information content (AvgIpc) is 3.02. The first-order valence-corrected chi connectivity index (χ1v) is 9.64. The maximum absolute atomic E-state index is 12.0. The van der Waals surface area contributed by atoms with Gasteiger partial charge in [0.05, 0.1) is 21.8 Å². The lowest BCUT2D eigenvalue weighted by Crippen LogP contribution is -2.39. The zero-order valence-corrected chi connectivity index (χ0v) is 16.5. The molecule has 0 saturated carbocycles. The summed E-state index contributed by atoms with van der Waals surface area (Å²) in [5.41, 5.74) is 2.35. The number of nitrogens with zero attached hydrogens (tertiary/aromatic N) is 1. The second-order valence-electron chi connectivity index (χ2n) is 7.43. The first kappa shape index (κ1) is 19.0. The summed E-state index contributed by atoms with van der Waals surface area (Å²) in [6.45, 7) is 5.39. The quantitative estimate of drug-likeness (QED) is 0.702.